The van der Waals surface area contributed by atoms with E-state index < -0.39 is 0 Å². The van der Waals surface area contributed by atoms with Crippen LogP contribution in [0.4, 0.5) is 0 Å². The highest BCUT2D eigenvalue weighted by atomic mass is 79.9. The largest absolute Gasteiger partial charge is 0.271 e. The highest BCUT2D eigenvalue weighted by Gasteiger charge is 2.26. The minimum atomic E-state index is 0.572. The van der Waals surface area contributed by atoms with E-state index in [1.165, 1.54) is 12.8 Å². The first-order valence-electron chi connectivity index (χ1n) is 4.26. The van der Waals surface area contributed by atoms with Gasteiger partial charge in [-0.3, -0.25) is 11.3 Å². The van der Waals surface area contributed by atoms with Gasteiger partial charge in [0.1, 0.15) is 5.82 Å². The molecule has 0 radical (unpaired) electrons. The summed E-state index contributed by atoms with van der Waals surface area (Å²) in [4.78, 5) is 8.68. The summed E-state index contributed by atoms with van der Waals surface area (Å²) >= 11 is 3.38. The van der Waals surface area contributed by atoms with Crippen molar-refractivity contribution in [3.8, 4) is 0 Å². The molecule has 1 saturated carbocycles. The molecule has 70 valence electrons. The van der Waals surface area contributed by atoms with Crippen molar-refractivity contribution in [3.63, 3.8) is 0 Å². The molecule has 0 aliphatic heterocycles. The quantitative estimate of drug-likeness (QED) is 0.616. The molecule has 1 aliphatic rings. The minimum Gasteiger partial charge on any atom is -0.271 e. The standard InChI is InChI=1S/C8H11BrN4/c9-6-3-11-8(5-1-2-5)13-7(6)4-12-10/h3,5,12H,1-2,4,10H2. The Kier molecular flexibility index (Phi) is 2.57. The highest BCUT2D eigenvalue weighted by molar-refractivity contribution is 9.10. The van der Waals surface area contributed by atoms with E-state index in [2.05, 4.69) is 31.3 Å². The first kappa shape index (κ1) is 9.05. The number of hydrogen-bond acceptors (Lipinski definition) is 4. The Balaban J connectivity index is 2.25. The van der Waals surface area contributed by atoms with Crippen LogP contribution in [0, 0.1) is 0 Å². The molecule has 1 aromatic heterocycles. The predicted octanol–water partition coefficient (Wildman–Crippen LogP) is 1.08. The van der Waals surface area contributed by atoms with Gasteiger partial charge in [-0.15, -0.1) is 0 Å². The van der Waals surface area contributed by atoms with Crippen molar-refractivity contribution in [2.75, 3.05) is 0 Å². The number of rotatable bonds is 3. The van der Waals surface area contributed by atoms with E-state index in [0.29, 0.717) is 12.5 Å². The maximum absolute atomic E-state index is 5.24. The lowest BCUT2D eigenvalue weighted by Gasteiger charge is -2.04. The van der Waals surface area contributed by atoms with E-state index in [4.69, 9.17) is 5.84 Å². The van der Waals surface area contributed by atoms with Gasteiger partial charge in [0.2, 0.25) is 0 Å². The molecule has 1 heterocycles. The normalized spacial score (nSPS) is 16.2. The van der Waals surface area contributed by atoms with E-state index in [1.807, 2.05) is 0 Å². The SMILES string of the molecule is NNCc1nc(C2CC2)ncc1Br. The summed E-state index contributed by atoms with van der Waals surface area (Å²) in [5.41, 5.74) is 3.52. The predicted molar refractivity (Wildman–Crippen MR) is 52.7 cm³/mol. The fraction of sp³-hybridized carbons (Fsp3) is 0.500. The van der Waals surface area contributed by atoms with Crippen LogP contribution < -0.4 is 11.3 Å². The third-order valence-corrected chi connectivity index (χ3v) is 2.71. The van der Waals surface area contributed by atoms with Crippen LogP contribution in [0.5, 0.6) is 0 Å². The molecule has 1 aliphatic carbocycles. The number of nitrogens with one attached hydrogen (secondary N) is 1. The van der Waals surface area contributed by atoms with Crippen LogP contribution in [0.2, 0.25) is 0 Å². The molecule has 2 rings (SSSR count). The van der Waals surface area contributed by atoms with Crippen LogP contribution in [0.15, 0.2) is 10.7 Å². The highest BCUT2D eigenvalue weighted by Crippen LogP contribution is 2.38. The van der Waals surface area contributed by atoms with Gasteiger partial charge in [0.25, 0.3) is 0 Å². The van der Waals surface area contributed by atoms with Gasteiger partial charge in [-0.25, -0.2) is 9.97 Å². The van der Waals surface area contributed by atoms with Crippen molar-refractivity contribution in [1.29, 1.82) is 0 Å². The molecule has 0 bridgehead atoms. The van der Waals surface area contributed by atoms with Gasteiger partial charge >= 0.3 is 0 Å². The van der Waals surface area contributed by atoms with Crippen LogP contribution in [0.25, 0.3) is 0 Å². The molecule has 1 fully saturated rings. The number of halogens is 1. The Morgan fingerprint density at radius 3 is 3.00 bits per heavy atom. The first-order chi connectivity index (χ1) is 6.31. The molecule has 5 heteroatoms. The van der Waals surface area contributed by atoms with Crippen molar-refractivity contribution in [1.82, 2.24) is 15.4 Å². The fourth-order valence-corrected chi connectivity index (χ4v) is 1.51. The molecule has 13 heavy (non-hydrogen) atoms. The lowest BCUT2D eigenvalue weighted by atomic mass is 10.3. The van der Waals surface area contributed by atoms with Crippen molar-refractivity contribution >= 4 is 15.9 Å². The number of hydrogen-bond donors (Lipinski definition) is 2. The van der Waals surface area contributed by atoms with Crippen LogP contribution in [-0.4, -0.2) is 9.97 Å². The topological polar surface area (TPSA) is 63.8 Å². The third kappa shape index (κ3) is 2.04. The van der Waals surface area contributed by atoms with Gasteiger partial charge in [0, 0.05) is 12.1 Å². The molecular formula is C8H11BrN4. The third-order valence-electron chi connectivity index (χ3n) is 2.05. The van der Waals surface area contributed by atoms with Gasteiger partial charge in [-0.1, -0.05) is 0 Å². The van der Waals surface area contributed by atoms with Crippen molar-refractivity contribution in [3.05, 3.63) is 22.2 Å². The van der Waals surface area contributed by atoms with Gasteiger partial charge in [0.05, 0.1) is 16.7 Å². The minimum absolute atomic E-state index is 0.572. The van der Waals surface area contributed by atoms with Crippen molar-refractivity contribution < 1.29 is 0 Å². The second-order valence-electron chi connectivity index (χ2n) is 3.18. The molecular weight excluding hydrogens is 232 g/mol. The summed E-state index contributed by atoms with van der Waals surface area (Å²) in [7, 11) is 0. The summed E-state index contributed by atoms with van der Waals surface area (Å²) in [5.74, 6) is 6.78. The van der Waals surface area contributed by atoms with E-state index in [1.54, 1.807) is 6.20 Å². The van der Waals surface area contributed by atoms with Gasteiger partial charge < -0.3 is 0 Å². The van der Waals surface area contributed by atoms with Crippen LogP contribution in [0.3, 0.4) is 0 Å². The summed E-state index contributed by atoms with van der Waals surface area (Å²) in [6, 6.07) is 0. The molecule has 0 saturated heterocycles. The van der Waals surface area contributed by atoms with Gasteiger partial charge in [-0.2, -0.15) is 0 Å². The Morgan fingerprint density at radius 2 is 2.38 bits per heavy atom. The summed E-state index contributed by atoms with van der Waals surface area (Å²) in [5, 5.41) is 0. The molecule has 0 spiro atoms. The maximum Gasteiger partial charge on any atom is 0.131 e. The fourth-order valence-electron chi connectivity index (χ4n) is 1.18. The Labute approximate surface area is 85.1 Å². The van der Waals surface area contributed by atoms with E-state index >= 15 is 0 Å². The Hall–Kier alpha value is -0.520. The summed E-state index contributed by atoms with van der Waals surface area (Å²) in [6.45, 7) is 0.572. The molecule has 0 unspecified atom stereocenters. The lowest BCUT2D eigenvalue weighted by molar-refractivity contribution is 0.707. The van der Waals surface area contributed by atoms with Crippen molar-refractivity contribution in [2.45, 2.75) is 25.3 Å². The zero-order chi connectivity index (χ0) is 9.26. The average molecular weight is 243 g/mol. The second kappa shape index (κ2) is 3.69. The molecule has 4 nitrogen and oxygen atoms in total. The van der Waals surface area contributed by atoms with E-state index in [9.17, 15) is 0 Å². The van der Waals surface area contributed by atoms with Crippen LogP contribution >= 0.6 is 15.9 Å². The molecule has 0 amide bonds. The lowest BCUT2D eigenvalue weighted by Crippen LogP contribution is -2.22. The monoisotopic (exact) mass is 242 g/mol. The molecule has 0 atom stereocenters. The summed E-state index contributed by atoms with van der Waals surface area (Å²) in [6.07, 6.45) is 4.24. The average Bonchev–Trinajstić information content (AvgIpc) is 2.92. The van der Waals surface area contributed by atoms with Crippen LogP contribution in [-0.2, 0) is 6.54 Å². The zero-order valence-electron chi connectivity index (χ0n) is 7.13. The molecule has 0 aromatic carbocycles. The smallest absolute Gasteiger partial charge is 0.131 e. The number of aromatic nitrogens is 2. The first-order valence-corrected chi connectivity index (χ1v) is 5.05. The zero-order valence-corrected chi connectivity index (χ0v) is 8.71. The number of nitrogens with zero attached hydrogens (tertiary/aromatic N) is 2. The number of hydrazine groups is 1. The molecule has 1 aromatic rings. The van der Waals surface area contributed by atoms with E-state index in [0.717, 1.165) is 16.0 Å². The summed E-state index contributed by atoms with van der Waals surface area (Å²) < 4.78 is 0.912. The molecule has 3 N–H and O–H groups in total. The van der Waals surface area contributed by atoms with Gasteiger partial charge in [0.15, 0.2) is 0 Å². The van der Waals surface area contributed by atoms with E-state index in [-0.39, 0.29) is 0 Å². The Bertz CT molecular complexity index is 311. The van der Waals surface area contributed by atoms with Crippen LogP contribution in [0.1, 0.15) is 30.3 Å². The van der Waals surface area contributed by atoms with Crippen molar-refractivity contribution in [2.24, 2.45) is 5.84 Å². The number of nitrogens with two attached hydrogens (primary N) is 1. The van der Waals surface area contributed by atoms with Gasteiger partial charge in [-0.05, 0) is 28.8 Å². The maximum atomic E-state index is 5.24. The Morgan fingerprint density at radius 1 is 1.62 bits per heavy atom. The second-order valence-corrected chi connectivity index (χ2v) is 4.03.